The van der Waals surface area contributed by atoms with Crippen molar-refractivity contribution in [3.63, 3.8) is 0 Å². The lowest BCUT2D eigenvalue weighted by Gasteiger charge is -2.31. The van der Waals surface area contributed by atoms with E-state index < -0.39 is 0 Å². The Balaban J connectivity index is 1.63. The fraction of sp³-hybridized carbons (Fsp3) is 0.381. The number of morpholine rings is 1. The number of nitrogens with one attached hydrogen (secondary N) is 1. The Morgan fingerprint density at radius 1 is 1.25 bits per heavy atom. The van der Waals surface area contributed by atoms with E-state index in [1.165, 1.54) is 4.88 Å². The van der Waals surface area contributed by atoms with Crippen molar-refractivity contribution in [3.05, 3.63) is 53.2 Å². The largest absolute Gasteiger partial charge is 0.378 e. The number of ether oxygens (including phenoxy) is 1. The highest BCUT2D eigenvalue weighted by Crippen LogP contribution is 2.29. The van der Waals surface area contributed by atoms with Gasteiger partial charge < -0.3 is 15.0 Å². The van der Waals surface area contributed by atoms with Gasteiger partial charge in [-0.2, -0.15) is 0 Å². The van der Waals surface area contributed by atoms with E-state index in [1.54, 1.807) is 17.7 Å². The van der Waals surface area contributed by atoms with Gasteiger partial charge in [-0.15, -0.1) is 11.3 Å². The van der Waals surface area contributed by atoms with Crippen LogP contribution in [0.25, 0.3) is 10.2 Å². The van der Waals surface area contributed by atoms with Crippen molar-refractivity contribution in [2.75, 3.05) is 31.6 Å². The molecule has 3 heterocycles. The summed E-state index contributed by atoms with van der Waals surface area (Å²) in [5.41, 5.74) is 1.12. The monoisotopic (exact) mass is 396 g/mol. The van der Waals surface area contributed by atoms with Crippen LogP contribution in [0, 0.1) is 0 Å². The van der Waals surface area contributed by atoms with Crippen LogP contribution >= 0.6 is 11.3 Å². The molecule has 1 fully saturated rings. The number of fused-ring (bicyclic) bond motifs is 1. The van der Waals surface area contributed by atoms with Crippen molar-refractivity contribution < 1.29 is 9.53 Å². The Kier molecular flexibility index (Phi) is 5.83. The predicted molar refractivity (Wildman–Crippen MR) is 112 cm³/mol. The highest BCUT2D eigenvalue weighted by atomic mass is 32.1. The third-order valence-electron chi connectivity index (χ3n) is 4.94. The molecule has 0 saturated carbocycles. The van der Waals surface area contributed by atoms with Gasteiger partial charge in [0.15, 0.2) is 0 Å². The summed E-state index contributed by atoms with van der Waals surface area (Å²) in [5.74, 6) is 0.813. The number of nitrogens with zero attached hydrogens (tertiary/aromatic N) is 3. The summed E-state index contributed by atoms with van der Waals surface area (Å²) >= 11 is 1.68. The molecule has 146 valence electrons. The van der Waals surface area contributed by atoms with Crippen LogP contribution in [-0.4, -0.2) is 53.1 Å². The van der Waals surface area contributed by atoms with Crippen LogP contribution in [0.15, 0.2) is 42.7 Å². The van der Waals surface area contributed by atoms with Crippen LogP contribution in [0.2, 0.25) is 0 Å². The number of aromatic nitrogens is 2. The van der Waals surface area contributed by atoms with Crippen molar-refractivity contribution in [2.24, 2.45) is 0 Å². The summed E-state index contributed by atoms with van der Waals surface area (Å²) in [6, 6.07) is 11.8. The second-order valence-electron chi connectivity index (χ2n) is 6.83. The number of thiophene rings is 1. The molecule has 6 nitrogen and oxygen atoms in total. The highest BCUT2D eigenvalue weighted by Gasteiger charge is 2.27. The molecular formula is C21H24N4O2S. The van der Waals surface area contributed by atoms with Crippen LogP contribution in [-0.2, 0) is 22.4 Å². The van der Waals surface area contributed by atoms with E-state index in [-0.39, 0.29) is 11.9 Å². The van der Waals surface area contributed by atoms with Crippen molar-refractivity contribution in [2.45, 2.75) is 25.8 Å². The zero-order chi connectivity index (χ0) is 19.3. The minimum Gasteiger partial charge on any atom is -0.378 e. The van der Waals surface area contributed by atoms with E-state index in [0.29, 0.717) is 32.7 Å². The zero-order valence-electron chi connectivity index (χ0n) is 15.9. The van der Waals surface area contributed by atoms with Crippen molar-refractivity contribution in [1.82, 2.24) is 14.9 Å². The van der Waals surface area contributed by atoms with Gasteiger partial charge >= 0.3 is 0 Å². The van der Waals surface area contributed by atoms with Gasteiger partial charge in [0.05, 0.1) is 18.6 Å². The molecule has 0 spiro atoms. The second-order valence-corrected chi connectivity index (χ2v) is 7.95. The molecule has 1 aromatic carbocycles. The van der Waals surface area contributed by atoms with Gasteiger partial charge in [0.25, 0.3) is 0 Å². The predicted octanol–water partition coefficient (Wildman–Crippen LogP) is 3.14. The standard InChI is InChI=1S/C21H24N4O2S/c1-2-16-13-17-19(22-14-23-20(17)28-16)24-18(12-15-6-4-3-5-7-15)21(26)25-8-10-27-11-9-25/h3-7,13-14,18H,2,8-12H2,1H3,(H,22,23,24). The quantitative estimate of drug-likeness (QED) is 0.693. The maximum absolute atomic E-state index is 13.3. The third kappa shape index (κ3) is 4.15. The molecule has 3 aromatic rings. The molecule has 7 heteroatoms. The summed E-state index contributed by atoms with van der Waals surface area (Å²) in [4.78, 5) is 26.2. The number of rotatable bonds is 6. The summed E-state index contributed by atoms with van der Waals surface area (Å²) in [5, 5.41) is 4.41. The molecule has 1 aliphatic heterocycles. The van der Waals surface area contributed by atoms with Gasteiger partial charge in [-0.3, -0.25) is 4.79 Å². The van der Waals surface area contributed by atoms with Crippen LogP contribution in [0.1, 0.15) is 17.4 Å². The molecule has 1 amide bonds. The van der Waals surface area contributed by atoms with Crippen LogP contribution in [0.4, 0.5) is 5.82 Å². The Bertz CT molecular complexity index is 938. The second kappa shape index (κ2) is 8.67. The van der Waals surface area contributed by atoms with Crippen LogP contribution in [0.5, 0.6) is 0 Å². The molecule has 1 N–H and O–H groups in total. The Morgan fingerprint density at radius 3 is 2.79 bits per heavy atom. The summed E-state index contributed by atoms with van der Waals surface area (Å²) in [6.07, 6.45) is 3.13. The molecule has 4 rings (SSSR count). The SMILES string of the molecule is CCc1cc2c(NC(Cc3ccccc3)C(=O)N3CCOCC3)ncnc2s1. The lowest BCUT2D eigenvalue weighted by atomic mass is 10.0. The van der Waals surface area contributed by atoms with E-state index in [1.807, 2.05) is 23.1 Å². The fourth-order valence-electron chi connectivity index (χ4n) is 3.41. The van der Waals surface area contributed by atoms with Gasteiger partial charge in [0, 0.05) is 24.4 Å². The van der Waals surface area contributed by atoms with Crippen LogP contribution in [0.3, 0.4) is 0 Å². The Hall–Kier alpha value is -2.51. The summed E-state index contributed by atoms with van der Waals surface area (Å²) in [6.45, 7) is 4.57. The molecule has 1 saturated heterocycles. The molecule has 1 atom stereocenters. The normalized spacial score (nSPS) is 15.5. The molecule has 2 aromatic heterocycles. The van der Waals surface area contributed by atoms with Gasteiger partial charge in [0.1, 0.15) is 23.0 Å². The Labute approximate surface area is 168 Å². The molecule has 0 radical (unpaired) electrons. The third-order valence-corrected chi connectivity index (χ3v) is 6.13. The molecule has 0 aliphatic carbocycles. The van der Waals surface area contributed by atoms with Crippen LogP contribution < -0.4 is 5.32 Å². The summed E-state index contributed by atoms with van der Waals surface area (Å²) in [7, 11) is 0. The first-order valence-corrected chi connectivity index (χ1v) is 10.5. The van der Waals surface area contributed by atoms with E-state index in [4.69, 9.17) is 4.74 Å². The van der Waals surface area contributed by atoms with E-state index >= 15 is 0 Å². The number of hydrogen-bond donors (Lipinski definition) is 1. The van der Waals surface area contributed by atoms with Crippen molar-refractivity contribution in [1.29, 1.82) is 0 Å². The first-order valence-electron chi connectivity index (χ1n) is 9.65. The van der Waals surface area contributed by atoms with Gasteiger partial charge in [-0.05, 0) is 18.1 Å². The minimum atomic E-state index is -0.386. The Morgan fingerprint density at radius 2 is 2.04 bits per heavy atom. The number of anilines is 1. The molecule has 0 bridgehead atoms. The molecule has 1 aliphatic rings. The van der Waals surface area contributed by atoms with E-state index in [9.17, 15) is 4.79 Å². The van der Waals surface area contributed by atoms with Crippen molar-refractivity contribution >= 4 is 33.3 Å². The number of carbonyl (C=O) groups excluding carboxylic acids is 1. The first kappa shape index (κ1) is 18.8. The molecule has 1 unspecified atom stereocenters. The van der Waals surface area contributed by atoms with Gasteiger partial charge in [0.2, 0.25) is 5.91 Å². The maximum Gasteiger partial charge on any atom is 0.245 e. The highest BCUT2D eigenvalue weighted by molar-refractivity contribution is 7.18. The van der Waals surface area contributed by atoms with Gasteiger partial charge in [-0.25, -0.2) is 9.97 Å². The summed E-state index contributed by atoms with van der Waals surface area (Å²) < 4.78 is 5.41. The van der Waals surface area contributed by atoms with Crippen molar-refractivity contribution in [3.8, 4) is 0 Å². The molecule has 28 heavy (non-hydrogen) atoms. The lowest BCUT2D eigenvalue weighted by molar-refractivity contribution is -0.136. The number of aryl methyl sites for hydroxylation is 1. The molecular weight excluding hydrogens is 372 g/mol. The average Bonchev–Trinajstić information content (AvgIpc) is 3.18. The lowest BCUT2D eigenvalue weighted by Crippen LogP contribution is -2.48. The first-order chi connectivity index (χ1) is 13.7. The van der Waals surface area contributed by atoms with E-state index in [0.717, 1.165) is 28.0 Å². The maximum atomic E-state index is 13.3. The number of amides is 1. The average molecular weight is 397 g/mol. The number of carbonyl (C=O) groups is 1. The van der Waals surface area contributed by atoms with E-state index in [2.05, 4.69) is 40.4 Å². The van der Waals surface area contributed by atoms with Gasteiger partial charge in [-0.1, -0.05) is 37.3 Å². The topological polar surface area (TPSA) is 67.4 Å². The fourth-order valence-corrected chi connectivity index (χ4v) is 4.35. The minimum absolute atomic E-state index is 0.0878. The number of benzene rings is 1. The zero-order valence-corrected chi connectivity index (χ0v) is 16.7. The number of hydrogen-bond acceptors (Lipinski definition) is 6. The smallest absolute Gasteiger partial charge is 0.245 e.